The summed E-state index contributed by atoms with van der Waals surface area (Å²) >= 11 is 0. The normalized spacial score (nSPS) is 21.6. The number of carbonyl (C=O) groups excluding carboxylic acids is 1. The predicted molar refractivity (Wildman–Crippen MR) is 81.4 cm³/mol. The van der Waals surface area contributed by atoms with Crippen molar-refractivity contribution in [2.45, 2.75) is 44.4 Å². The summed E-state index contributed by atoms with van der Waals surface area (Å²) in [6.45, 7) is 2.08. The first-order valence-electron chi connectivity index (χ1n) is 7.67. The van der Waals surface area contributed by atoms with Crippen molar-refractivity contribution < 1.29 is 4.79 Å². The highest BCUT2D eigenvalue weighted by molar-refractivity contribution is 5.94. The van der Waals surface area contributed by atoms with E-state index in [2.05, 4.69) is 46.7 Å². The number of rotatable bonds is 2. The number of aryl methyl sites for hydroxylation is 1. The van der Waals surface area contributed by atoms with Crippen molar-refractivity contribution in [2.24, 2.45) is 0 Å². The Hall–Kier alpha value is -2.10. The molecule has 2 aliphatic rings. The number of nitrogens with zero attached hydrogens (tertiary/aromatic N) is 1. The summed E-state index contributed by atoms with van der Waals surface area (Å²) in [7, 11) is 0. The number of anilines is 1. The number of carbonyl (C=O) groups is 1. The van der Waals surface area contributed by atoms with E-state index in [4.69, 9.17) is 0 Å². The van der Waals surface area contributed by atoms with Gasteiger partial charge in [0.25, 0.3) is 0 Å². The fourth-order valence-electron chi connectivity index (χ4n) is 3.37. The fourth-order valence-corrected chi connectivity index (χ4v) is 3.37. The van der Waals surface area contributed by atoms with Gasteiger partial charge in [0.05, 0.1) is 0 Å². The summed E-state index contributed by atoms with van der Waals surface area (Å²) in [6.07, 6.45) is 4.25. The van der Waals surface area contributed by atoms with Gasteiger partial charge >= 0.3 is 0 Å². The van der Waals surface area contributed by atoms with Crippen LogP contribution in [0, 0.1) is 6.92 Å². The average molecular weight is 281 g/mol. The first-order valence-corrected chi connectivity index (χ1v) is 7.67. The number of benzene rings is 1. The van der Waals surface area contributed by atoms with Gasteiger partial charge in [-0.1, -0.05) is 36.2 Å². The molecule has 4 heteroatoms. The highest BCUT2D eigenvalue weighted by atomic mass is 16.1. The van der Waals surface area contributed by atoms with E-state index in [-0.39, 0.29) is 11.8 Å². The van der Waals surface area contributed by atoms with E-state index >= 15 is 0 Å². The first-order chi connectivity index (χ1) is 10.2. The third-order valence-electron chi connectivity index (χ3n) is 4.82. The zero-order valence-corrected chi connectivity index (χ0v) is 12.1. The molecule has 0 saturated heterocycles. The average Bonchev–Trinajstić information content (AvgIpc) is 2.80. The van der Waals surface area contributed by atoms with Crippen LogP contribution in [0.5, 0.6) is 0 Å². The SMILES string of the molecule is Cc1ccc(C2CC(=O)Nc3n[nH]c(C4CCC4)c32)cc1. The van der Waals surface area contributed by atoms with Crippen LogP contribution in [-0.4, -0.2) is 16.1 Å². The zero-order chi connectivity index (χ0) is 14.4. The minimum atomic E-state index is 0.0553. The molecule has 4 nitrogen and oxygen atoms in total. The number of H-pyrrole nitrogens is 1. The van der Waals surface area contributed by atoms with Crippen LogP contribution in [0.2, 0.25) is 0 Å². The largest absolute Gasteiger partial charge is 0.309 e. The maximum Gasteiger partial charge on any atom is 0.226 e. The third kappa shape index (κ3) is 2.06. The number of amides is 1. The van der Waals surface area contributed by atoms with E-state index in [9.17, 15) is 4.79 Å². The molecule has 1 aliphatic carbocycles. The van der Waals surface area contributed by atoms with Gasteiger partial charge in [-0.3, -0.25) is 9.89 Å². The second-order valence-electron chi connectivity index (χ2n) is 6.24. The highest BCUT2D eigenvalue weighted by Crippen LogP contribution is 2.45. The Bertz CT molecular complexity index is 683. The van der Waals surface area contributed by atoms with Crippen molar-refractivity contribution in [3.8, 4) is 0 Å². The molecule has 1 atom stereocenters. The highest BCUT2D eigenvalue weighted by Gasteiger charge is 2.35. The van der Waals surface area contributed by atoms with Crippen molar-refractivity contribution in [2.75, 3.05) is 5.32 Å². The van der Waals surface area contributed by atoms with Crippen LogP contribution in [-0.2, 0) is 4.79 Å². The zero-order valence-electron chi connectivity index (χ0n) is 12.1. The van der Waals surface area contributed by atoms with Gasteiger partial charge in [0.1, 0.15) is 0 Å². The summed E-state index contributed by atoms with van der Waals surface area (Å²) in [5.41, 5.74) is 4.90. The van der Waals surface area contributed by atoms with Crippen molar-refractivity contribution in [3.63, 3.8) is 0 Å². The number of nitrogens with one attached hydrogen (secondary N) is 2. The van der Waals surface area contributed by atoms with E-state index in [1.807, 2.05) is 0 Å². The van der Waals surface area contributed by atoms with Crippen LogP contribution in [0.3, 0.4) is 0 Å². The number of hydrogen-bond acceptors (Lipinski definition) is 2. The van der Waals surface area contributed by atoms with Crippen molar-refractivity contribution in [1.29, 1.82) is 0 Å². The van der Waals surface area contributed by atoms with Crippen molar-refractivity contribution in [1.82, 2.24) is 10.2 Å². The summed E-state index contributed by atoms with van der Waals surface area (Å²) in [6, 6.07) is 8.51. The second kappa shape index (κ2) is 4.72. The van der Waals surface area contributed by atoms with Gasteiger partial charge in [-0.15, -0.1) is 0 Å². The molecule has 0 spiro atoms. The van der Waals surface area contributed by atoms with Gasteiger partial charge in [0.2, 0.25) is 5.91 Å². The summed E-state index contributed by atoms with van der Waals surface area (Å²) in [4.78, 5) is 12.0. The number of fused-ring (bicyclic) bond motifs is 1. The Kier molecular flexibility index (Phi) is 2.84. The Balaban J connectivity index is 1.80. The Morgan fingerprint density at radius 3 is 2.62 bits per heavy atom. The Labute approximate surface area is 124 Å². The van der Waals surface area contributed by atoms with Gasteiger partial charge in [0, 0.05) is 29.5 Å². The smallest absolute Gasteiger partial charge is 0.226 e. The Morgan fingerprint density at radius 2 is 1.95 bits per heavy atom. The molecular formula is C17H19N3O. The second-order valence-corrected chi connectivity index (χ2v) is 6.24. The first kappa shape index (κ1) is 12.6. The van der Waals surface area contributed by atoms with Gasteiger partial charge in [-0.25, -0.2) is 0 Å². The van der Waals surface area contributed by atoms with E-state index in [1.54, 1.807) is 0 Å². The van der Waals surface area contributed by atoms with Crippen LogP contribution >= 0.6 is 0 Å². The molecule has 0 radical (unpaired) electrons. The molecule has 1 unspecified atom stereocenters. The molecule has 1 aromatic heterocycles. The van der Waals surface area contributed by atoms with Crippen LogP contribution in [0.25, 0.3) is 0 Å². The molecule has 2 N–H and O–H groups in total. The van der Waals surface area contributed by atoms with Crippen molar-refractivity contribution in [3.05, 3.63) is 46.6 Å². The topological polar surface area (TPSA) is 57.8 Å². The van der Waals surface area contributed by atoms with Crippen LogP contribution in [0.1, 0.15) is 59.9 Å². The predicted octanol–water partition coefficient (Wildman–Crippen LogP) is 3.46. The standard InChI is InChI=1S/C17H19N3O/c1-10-5-7-11(8-6-10)13-9-14(21)18-17-15(13)16(19-20-17)12-3-2-4-12/h5-8,12-13H,2-4,9H2,1H3,(H2,18,19,20,21). The molecule has 4 rings (SSSR count). The van der Waals surface area contributed by atoms with E-state index in [1.165, 1.54) is 41.6 Å². The molecule has 2 heterocycles. The quantitative estimate of drug-likeness (QED) is 0.885. The maximum absolute atomic E-state index is 12.0. The molecule has 21 heavy (non-hydrogen) atoms. The van der Waals surface area contributed by atoms with Crippen LogP contribution in [0.15, 0.2) is 24.3 Å². The minimum absolute atomic E-state index is 0.0553. The molecule has 1 fully saturated rings. The van der Waals surface area contributed by atoms with E-state index in [0.717, 1.165) is 5.82 Å². The van der Waals surface area contributed by atoms with Crippen LogP contribution < -0.4 is 5.32 Å². The molecule has 2 aromatic rings. The number of aromatic nitrogens is 2. The minimum Gasteiger partial charge on any atom is -0.309 e. The lowest BCUT2D eigenvalue weighted by Crippen LogP contribution is -2.24. The molecule has 0 bridgehead atoms. The van der Waals surface area contributed by atoms with Gasteiger partial charge in [0.15, 0.2) is 5.82 Å². The van der Waals surface area contributed by atoms with E-state index in [0.29, 0.717) is 12.3 Å². The number of hydrogen-bond donors (Lipinski definition) is 2. The van der Waals surface area contributed by atoms with Crippen LogP contribution in [0.4, 0.5) is 5.82 Å². The maximum atomic E-state index is 12.0. The Morgan fingerprint density at radius 1 is 1.19 bits per heavy atom. The fraction of sp³-hybridized carbons (Fsp3) is 0.412. The molecule has 108 valence electrons. The summed E-state index contributed by atoms with van der Waals surface area (Å²) in [5, 5.41) is 10.4. The molecule has 1 amide bonds. The van der Waals surface area contributed by atoms with Gasteiger partial charge < -0.3 is 5.32 Å². The lowest BCUT2D eigenvalue weighted by atomic mass is 9.77. The monoisotopic (exact) mass is 281 g/mol. The molecule has 1 aliphatic heterocycles. The third-order valence-corrected chi connectivity index (χ3v) is 4.82. The lowest BCUT2D eigenvalue weighted by Gasteiger charge is -2.29. The lowest BCUT2D eigenvalue weighted by molar-refractivity contribution is -0.116. The number of aromatic amines is 1. The summed E-state index contributed by atoms with van der Waals surface area (Å²) in [5.74, 6) is 1.51. The molecular weight excluding hydrogens is 262 g/mol. The van der Waals surface area contributed by atoms with E-state index < -0.39 is 0 Å². The van der Waals surface area contributed by atoms with Gasteiger partial charge in [-0.2, -0.15) is 5.10 Å². The van der Waals surface area contributed by atoms with Gasteiger partial charge in [-0.05, 0) is 25.3 Å². The molecule has 1 saturated carbocycles. The van der Waals surface area contributed by atoms with Crippen molar-refractivity contribution >= 4 is 11.7 Å². The molecule has 1 aromatic carbocycles. The summed E-state index contributed by atoms with van der Waals surface area (Å²) < 4.78 is 0.